The first-order valence-corrected chi connectivity index (χ1v) is 9.01. The number of nitrogens with one attached hydrogen (secondary N) is 1. The van der Waals surface area contributed by atoms with Crippen LogP contribution in [0, 0.1) is 0 Å². The van der Waals surface area contributed by atoms with Gasteiger partial charge in [-0.1, -0.05) is 24.3 Å². The lowest BCUT2D eigenvalue weighted by Gasteiger charge is -2.18. The summed E-state index contributed by atoms with van der Waals surface area (Å²) in [5, 5.41) is 3.06. The number of carbonyl (C=O) groups is 2. The monoisotopic (exact) mass is 351 g/mol. The van der Waals surface area contributed by atoms with Crippen LogP contribution in [0.25, 0.3) is 0 Å². The Bertz CT molecular complexity index is 846. The van der Waals surface area contributed by atoms with Gasteiger partial charge in [0, 0.05) is 18.4 Å². The van der Waals surface area contributed by atoms with Crippen LogP contribution >= 0.6 is 0 Å². The lowest BCUT2D eigenvalue weighted by atomic mass is 10.0. The van der Waals surface area contributed by atoms with Crippen molar-refractivity contribution in [3.8, 4) is 11.5 Å². The second-order valence-electron chi connectivity index (χ2n) is 6.64. The van der Waals surface area contributed by atoms with Gasteiger partial charge in [-0.2, -0.15) is 0 Å². The lowest BCUT2D eigenvalue weighted by Crippen LogP contribution is -2.27. The van der Waals surface area contributed by atoms with Gasteiger partial charge in [0.25, 0.3) is 0 Å². The summed E-state index contributed by atoms with van der Waals surface area (Å²) in [7, 11) is 0. The third-order valence-corrected chi connectivity index (χ3v) is 4.91. The zero-order valence-electron chi connectivity index (χ0n) is 14.5. The number of ether oxygens (including phenoxy) is 2. The van der Waals surface area contributed by atoms with Crippen molar-refractivity contribution in [1.29, 1.82) is 0 Å². The topological polar surface area (TPSA) is 64.6 Å². The molecular weight excluding hydrogens is 330 g/mol. The molecule has 2 aromatic carbocycles. The number of hydrogen-bond acceptors (Lipinski definition) is 4. The fourth-order valence-corrected chi connectivity index (χ4v) is 3.56. The highest BCUT2D eigenvalue weighted by molar-refractivity contribution is 5.98. The predicted octanol–water partition coefficient (Wildman–Crippen LogP) is 3.22. The van der Waals surface area contributed by atoms with Gasteiger partial charge in [0.15, 0.2) is 17.3 Å². The number of amides is 1. The predicted molar refractivity (Wildman–Crippen MR) is 96.6 cm³/mol. The minimum atomic E-state index is -0.0856. The first kappa shape index (κ1) is 16.6. The molecule has 0 aromatic heterocycles. The summed E-state index contributed by atoms with van der Waals surface area (Å²) in [6.45, 7) is 1.00. The molecule has 2 aromatic rings. The lowest BCUT2D eigenvalue weighted by molar-refractivity contribution is -0.121. The highest BCUT2D eigenvalue weighted by atomic mass is 16.6. The number of ketones is 1. The largest absolute Gasteiger partial charge is 0.486 e. The van der Waals surface area contributed by atoms with E-state index in [-0.39, 0.29) is 30.6 Å². The molecule has 1 heterocycles. The van der Waals surface area contributed by atoms with E-state index in [0.29, 0.717) is 30.3 Å². The normalized spacial score (nSPS) is 17.5. The van der Waals surface area contributed by atoms with E-state index in [4.69, 9.17) is 9.47 Å². The van der Waals surface area contributed by atoms with Crippen LogP contribution in [0.1, 0.15) is 46.8 Å². The van der Waals surface area contributed by atoms with Crippen molar-refractivity contribution in [2.75, 3.05) is 13.2 Å². The van der Waals surface area contributed by atoms with Crippen LogP contribution in [0.3, 0.4) is 0 Å². The van der Waals surface area contributed by atoms with Crippen molar-refractivity contribution < 1.29 is 19.1 Å². The molecule has 26 heavy (non-hydrogen) atoms. The van der Waals surface area contributed by atoms with Gasteiger partial charge in [0.1, 0.15) is 13.2 Å². The van der Waals surface area contributed by atoms with Gasteiger partial charge in [-0.3, -0.25) is 9.59 Å². The Morgan fingerprint density at radius 3 is 2.69 bits per heavy atom. The van der Waals surface area contributed by atoms with E-state index in [2.05, 4.69) is 17.4 Å². The van der Waals surface area contributed by atoms with Crippen molar-refractivity contribution in [1.82, 2.24) is 5.32 Å². The number of aryl methyl sites for hydroxylation is 1. The van der Waals surface area contributed by atoms with E-state index >= 15 is 0 Å². The minimum Gasteiger partial charge on any atom is -0.486 e. The third kappa shape index (κ3) is 3.43. The molecule has 0 radical (unpaired) electrons. The number of Topliss-reactive ketones (excluding diaryl/α,β-unsaturated/α-hetero) is 1. The molecule has 1 unspecified atom stereocenters. The van der Waals surface area contributed by atoms with Crippen LogP contribution in [0.4, 0.5) is 0 Å². The number of carbonyl (C=O) groups excluding carboxylic acids is 2. The second kappa shape index (κ2) is 7.20. The molecule has 0 bridgehead atoms. The molecule has 1 N–H and O–H groups in total. The fourth-order valence-electron chi connectivity index (χ4n) is 3.56. The number of fused-ring (bicyclic) bond motifs is 2. The van der Waals surface area contributed by atoms with Crippen molar-refractivity contribution >= 4 is 11.7 Å². The van der Waals surface area contributed by atoms with Crippen LogP contribution < -0.4 is 14.8 Å². The Morgan fingerprint density at radius 2 is 1.81 bits per heavy atom. The second-order valence-corrected chi connectivity index (χ2v) is 6.64. The first-order chi connectivity index (χ1) is 12.7. The molecule has 1 aliphatic carbocycles. The van der Waals surface area contributed by atoms with E-state index in [1.54, 1.807) is 18.2 Å². The highest BCUT2D eigenvalue weighted by Crippen LogP contribution is 2.32. The Balaban J connectivity index is 1.33. The van der Waals surface area contributed by atoms with Crippen molar-refractivity contribution in [2.24, 2.45) is 0 Å². The van der Waals surface area contributed by atoms with Gasteiger partial charge in [0.2, 0.25) is 5.91 Å². The van der Waals surface area contributed by atoms with Crippen LogP contribution in [-0.4, -0.2) is 24.9 Å². The van der Waals surface area contributed by atoms with Gasteiger partial charge in [-0.25, -0.2) is 0 Å². The zero-order chi connectivity index (χ0) is 17.9. The number of benzene rings is 2. The van der Waals surface area contributed by atoms with Crippen LogP contribution in [0.15, 0.2) is 42.5 Å². The first-order valence-electron chi connectivity index (χ1n) is 9.01. The van der Waals surface area contributed by atoms with Crippen molar-refractivity contribution in [2.45, 2.75) is 31.7 Å². The molecular formula is C21H21NO4. The Labute approximate surface area is 152 Å². The van der Waals surface area contributed by atoms with E-state index in [9.17, 15) is 9.59 Å². The summed E-state index contributed by atoms with van der Waals surface area (Å²) in [5.74, 6) is 1.10. The maximum Gasteiger partial charge on any atom is 0.220 e. The highest BCUT2D eigenvalue weighted by Gasteiger charge is 2.23. The van der Waals surface area contributed by atoms with Gasteiger partial charge in [-0.05, 0) is 42.2 Å². The molecule has 5 heteroatoms. The molecule has 1 atom stereocenters. The van der Waals surface area contributed by atoms with Crippen LogP contribution in [0.2, 0.25) is 0 Å². The van der Waals surface area contributed by atoms with Crippen LogP contribution in [0.5, 0.6) is 11.5 Å². The average molecular weight is 351 g/mol. The smallest absolute Gasteiger partial charge is 0.220 e. The Hall–Kier alpha value is -2.82. The standard InChI is InChI=1S/C21H21NO4/c23-18(15-6-9-19-20(13-15)26-12-11-25-19)8-10-21(24)22-17-7-5-14-3-1-2-4-16(14)17/h1-4,6,9,13,17H,5,7-8,10-12H2,(H,22,24). The molecule has 4 rings (SSSR count). The summed E-state index contributed by atoms with van der Waals surface area (Å²) in [4.78, 5) is 24.7. The van der Waals surface area contributed by atoms with Gasteiger partial charge >= 0.3 is 0 Å². The van der Waals surface area contributed by atoms with Gasteiger partial charge in [-0.15, -0.1) is 0 Å². The molecule has 1 amide bonds. The SMILES string of the molecule is O=C(CCC(=O)c1ccc2c(c1)OCCO2)NC1CCc2ccccc21. The zero-order valence-corrected chi connectivity index (χ0v) is 14.5. The summed E-state index contributed by atoms with van der Waals surface area (Å²) in [5.41, 5.74) is 3.04. The average Bonchev–Trinajstić information content (AvgIpc) is 3.08. The van der Waals surface area contributed by atoms with E-state index in [1.807, 2.05) is 12.1 Å². The third-order valence-electron chi connectivity index (χ3n) is 4.91. The van der Waals surface area contributed by atoms with E-state index < -0.39 is 0 Å². The molecule has 134 valence electrons. The Kier molecular flexibility index (Phi) is 4.61. The van der Waals surface area contributed by atoms with Crippen molar-refractivity contribution in [3.05, 3.63) is 59.2 Å². The van der Waals surface area contributed by atoms with Gasteiger partial charge < -0.3 is 14.8 Å². The molecule has 0 spiro atoms. The molecule has 5 nitrogen and oxygen atoms in total. The maximum atomic E-state index is 12.4. The van der Waals surface area contributed by atoms with Gasteiger partial charge in [0.05, 0.1) is 6.04 Å². The Morgan fingerprint density at radius 1 is 1.00 bits per heavy atom. The molecule has 2 aliphatic rings. The fraction of sp³-hybridized carbons (Fsp3) is 0.333. The molecule has 1 aliphatic heterocycles. The van der Waals surface area contributed by atoms with Crippen molar-refractivity contribution in [3.63, 3.8) is 0 Å². The summed E-state index contributed by atoms with van der Waals surface area (Å²) in [6.07, 6.45) is 2.27. The van der Waals surface area contributed by atoms with E-state index in [0.717, 1.165) is 12.8 Å². The quantitative estimate of drug-likeness (QED) is 0.840. The molecule has 0 saturated heterocycles. The number of hydrogen-bond donors (Lipinski definition) is 1. The summed E-state index contributed by atoms with van der Waals surface area (Å²) in [6, 6.07) is 13.4. The minimum absolute atomic E-state index is 0.0584. The van der Waals surface area contributed by atoms with Crippen LogP contribution in [-0.2, 0) is 11.2 Å². The number of rotatable bonds is 5. The maximum absolute atomic E-state index is 12.4. The molecule has 0 fully saturated rings. The molecule has 0 saturated carbocycles. The summed E-state index contributed by atoms with van der Waals surface area (Å²) >= 11 is 0. The summed E-state index contributed by atoms with van der Waals surface area (Å²) < 4.78 is 11.0. The van der Waals surface area contributed by atoms with E-state index in [1.165, 1.54) is 11.1 Å².